The number of nitrogens with zero attached hydrogens (tertiary/aromatic N) is 2. The van der Waals surface area contributed by atoms with Gasteiger partial charge in [-0.2, -0.15) is 5.26 Å². The van der Waals surface area contributed by atoms with Crippen molar-refractivity contribution in [2.45, 2.75) is 32.8 Å². The molecule has 0 aliphatic heterocycles. The van der Waals surface area contributed by atoms with Gasteiger partial charge in [0.05, 0.1) is 18.6 Å². The largest absolute Gasteiger partial charge is 0.369 e. The quantitative estimate of drug-likeness (QED) is 0.643. The Morgan fingerprint density at radius 2 is 2.29 bits per heavy atom. The van der Waals surface area contributed by atoms with Crippen molar-refractivity contribution < 1.29 is 9.53 Å². The summed E-state index contributed by atoms with van der Waals surface area (Å²) in [5.41, 5.74) is 0. The van der Waals surface area contributed by atoms with Gasteiger partial charge in [-0.3, -0.25) is 4.79 Å². The average molecular weight is 198 g/mol. The van der Waals surface area contributed by atoms with Crippen molar-refractivity contribution >= 4 is 5.91 Å². The van der Waals surface area contributed by atoms with Gasteiger partial charge in [0.2, 0.25) is 5.91 Å². The minimum absolute atomic E-state index is 0.0689. The predicted molar refractivity (Wildman–Crippen MR) is 53.6 cm³/mol. The van der Waals surface area contributed by atoms with Gasteiger partial charge in [0.1, 0.15) is 6.61 Å². The third-order valence-corrected chi connectivity index (χ3v) is 2.05. The van der Waals surface area contributed by atoms with Crippen LogP contribution in [0.3, 0.4) is 0 Å². The van der Waals surface area contributed by atoms with Crippen molar-refractivity contribution in [3.63, 3.8) is 0 Å². The van der Waals surface area contributed by atoms with E-state index in [2.05, 4.69) is 0 Å². The highest BCUT2D eigenvalue weighted by molar-refractivity contribution is 5.77. The lowest BCUT2D eigenvalue weighted by Gasteiger charge is -2.17. The number of carbonyl (C=O) groups excluding carboxylic acids is 1. The number of carbonyl (C=O) groups is 1. The second kappa shape index (κ2) is 7.34. The van der Waals surface area contributed by atoms with Gasteiger partial charge in [-0.15, -0.1) is 0 Å². The zero-order valence-corrected chi connectivity index (χ0v) is 9.12. The lowest BCUT2D eigenvalue weighted by Crippen LogP contribution is -2.32. The number of nitriles is 1. The van der Waals surface area contributed by atoms with Crippen molar-refractivity contribution in [1.82, 2.24) is 4.90 Å². The zero-order chi connectivity index (χ0) is 11.0. The lowest BCUT2D eigenvalue weighted by molar-refractivity contribution is -0.136. The highest BCUT2D eigenvalue weighted by Crippen LogP contribution is 1.97. The summed E-state index contributed by atoms with van der Waals surface area (Å²) in [6, 6.07) is 1.99. The van der Waals surface area contributed by atoms with E-state index in [1.54, 1.807) is 7.05 Å². The van der Waals surface area contributed by atoms with E-state index in [0.29, 0.717) is 13.0 Å². The minimum Gasteiger partial charge on any atom is -0.369 e. The second-order valence-electron chi connectivity index (χ2n) is 3.25. The molecule has 0 fully saturated rings. The maximum atomic E-state index is 11.4. The molecule has 0 rings (SSSR count). The Balaban J connectivity index is 3.68. The fourth-order valence-electron chi connectivity index (χ4n) is 0.784. The Morgan fingerprint density at radius 1 is 1.64 bits per heavy atom. The molecule has 0 spiro atoms. The van der Waals surface area contributed by atoms with Crippen LogP contribution in [-0.4, -0.2) is 37.1 Å². The third kappa shape index (κ3) is 5.55. The monoisotopic (exact) mass is 198 g/mol. The molecule has 1 amide bonds. The molecule has 0 saturated heterocycles. The number of ether oxygens (including phenoxy) is 1. The van der Waals surface area contributed by atoms with Gasteiger partial charge in [-0.1, -0.05) is 6.92 Å². The van der Waals surface area contributed by atoms with Gasteiger partial charge < -0.3 is 9.64 Å². The zero-order valence-electron chi connectivity index (χ0n) is 9.12. The summed E-state index contributed by atoms with van der Waals surface area (Å²) in [7, 11) is 1.68. The van der Waals surface area contributed by atoms with E-state index in [4.69, 9.17) is 10.00 Å². The normalized spacial score (nSPS) is 11.9. The van der Waals surface area contributed by atoms with Crippen LogP contribution in [0.25, 0.3) is 0 Å². The van der Waals surface area contributed by atoms with Crippen LogP contribution in [0.5, 0.6) is 0 Å². The molecular formula is C10H18N2O2. The third-order valence-electron chi connectivity index (χ3n) is 2.05. The van der Waals surface area contributed by atoms with Crippen LogP contribution in [0.15, 0.2) is 0 Å². The first-order chi connectivity index (χ1) is 6.61. The summed E-state index contributed by atoms with van der Waals surface area (Å²) >= 11 is 0. The highest BCUT2D eigenvalue weighted by atomic mass is 16.5. The predicted octanol–water partition coefficient (Wildman–Crippen LogP) is 1.17. The molecular weight excluding hydrogens is 180 g/mol. The molecule has 0 saturated carbocycles. The molecule has 0 aliphatic rings. The fourth-order valence-corrected chi connectivity index (χ4v) is 0.784. The molecule has 1 atom stereocenters. The van der Waals surface area contributed by atoms with E-state index >= 15 is 0 Å². The van der Waals surface area contributed by atoms with E-state index in [9.17, 15) is 4.79 Å². The molecule has 0 aromatic carbocycles. The molecule has 0 N–H and O–H groups in total. The minimum atomic E-state index is -0.0689. The van der Waals surface area contributed by atoms with Crippen LogP contribution in [-0.2, 0) is 9.53 Å². The fraction of sp³-hybridized carbons (Fsp3) is 0.800. The summed E-state index contributed by atoms with van der Waals surface area (Å²) in [6.45, 7) is 4.52. The Hall–Kier alpha value is -1.08. The first kappa shape index (κ1) is 12.9. The van der Waals surface area contributed by atoms with Gasteiger partial charge in [-0.05, 0) is 13.3 Å². The van der Waals surface area contributed by atoms with Crippen LogP contribution < -0.4 is 0 Å². The molecule has 0 radical (unpaired) electrons. The molecule has 14 heavy (non-hydrogen) atoms. The molecule has 0 heterocycles. The topological polar surface area (TPSA) is 53.3 Å². The van der Waals surface area contributed by atoms with Crippen molar-refractivity contribution in [2.24, 2.45) is 0 Å². The van der Waals surface area contributed by atoms with E-state index in [-0.39, 0.29) is 18.6 Å². The number of rotatable bonds is 6. The number of amides is 1. The van der Waals surface area contributed by atoms with E-state index in [1.165, 1.54) is 4.90 Å². The number of hydrogen-bond acceptors (Lipinski definition) is 3. The lowest BCUT2D eigenvalue weighted by atomic mass is 10.3. The smallest absolute Gasteiger partial charge is 0.248 e. The maximum absolute atomic E-state index is 11.4. The van der Waals surface area contributed by atoms with E-state index < -0.39 is 0 Å². The standard InChI is InChI=1S/C10H18N2O2/c1-4-9(2)14-8-10(13)12(3)7-5-6-11/h9H,4-5,7-8H2,1-3H3. The van der Waals surface area contributed by atoms with Crippen LogP contribution in [0.2, 0.25) is 0 Å². The average Bonchev–Trinajstić information content (AvgIpc) is 2.21. The molecule has 4 nitrogen and oxygen atoms in total. The van der Waals surface area contributed by atoms with Crippen LogP contribution in [0.4, 0.5) is 0 Å². The number of hydrogen-bond donors (Lipinski definition) is 0. The van der Waals surface area contributed by atoms with Gasteiger partial charge in [0, 0.05) is 13.6 Å². The maximum Gasteiger partial charge on any atom is 0.248 e. The molecule has 80 valence electrons. The van der Waals surface area contributed by atoms with Crippen LogP contribution in [0.1, 0.15) is 26.7 Å². The summed E-state index contributed by atoms with van der Waals surface area (Å²) in [5.74, 6) is -0.0689. The Morgan fingerprint density at radius 3 is 2.79 bits per heavy atom. The van der Waals surface area contributed by atoms with Gasteiger partial charge in [0.15, 0.2) is 0 Å². The van der Waals surface area contributed by atoms with E-state index in [0.717, 1.165) is 6.42 Å². The van der Waals surface area contributed by atoms with Crippen molar-refractivity contribution in [3.8, 4) is 6.07 Å². The molecule has 0 bridgehead atoms. The van der Waals surface area contributed by atoms with Crippen molar-refractivity contribution in [2.75, 3.05) is 20.2 Å². The highest BCUT2D eigenvalue weighted by Gasteiger charge is 2.09. The summed E-state index contributed by atoms with van der Waals surface area (Å²) in [4.78, 5) is 12.9. The van der Waals surface area contributed by atoms with Crippen LogP contribution >= 0.6 is 0 Å². The second-order valence-corrected chi connectivity index (χ2v) is 3.25. The van der Waals surface area contributed by atoms with Crippen molar-refractivity contribution in [3.05, 3.63) is 0 Å². The molecule has 0 aromatic rings. The van der Waals surface area contributed by atoms with Crippen LogP contribution in [0, 0.1) is 11.3 Å². The summed E-state index contributed by atoms with van der Waals surface area (Å²) in [5, 5.41) is 8.33. The Bertz CT molecular complexity index is 211. The van der Waals surface area contributed by atoms with E-state index in [1.807, 2.05) is 19.9 Å². The molecule has 0 aliphatic carbocycles. The Kier molecular flexibility index (Phi) is 6.77. The van der Waals surface area contributed by atoms with Gasteiger partial charge in [-0.25, -0.2) is 0 Å². The first-order valence-electron chi connectivity index (χ1n) is 4.84. The molecule has 1 unspecified atom stereocenters. The number of likely N-dealkylation sites (N-methyl/N-ethyl adjacent to an activating group) is 1. The molecule has 0 aromatic heterocycles. The van der Waals surface area contributed by atoms with Gasteiger partial charge in [0.25, 0.3) is 0 Å². The first-order valence-corrected chi connectivity index (χ1v) is 4.84. The summed E-state index contributed by atoms with van der Waals surface area (Å²) in [6.07, 6.45) is 1.38. The summed E-state index contributed by atoms with van der Waals surface area (Å²) < 4.78 is 5.28. The van der Waals surface area contributed by atoms with Crippen molar-refractivity contribution in [1.29, 1.82) is 5.26 Å². The molecule has 4 heteroatoms. The SMILES string of the molecule is CCC(C)OCC(=O)N(C)CCC#N. The Labute approximate surface area is 85.5 Å². The van der Waals surface area contributed by atoms with Gasteiger partial charge >= 0.3 is 0 Å².